The molecule has 14 rings (SSSR count). The van der Waals surface area contributed by atoms with E-state index in [1.165, 1.54) is 61.9 Å². The van der Waals surface area contributed by atoms with Crippen LogP contribution in [-0.2, 0) is 44.9 Å². The molecule has 0 spiro atoms. The summed E-state index contributed by atoms with van der Waals surface area (Å²) in [5.41, 5.74) is 22.1. The first-order valence-corrected chi connectivity index (χ1v) is 36.2. The summed E-state index contributed by atoms with van der Waals surface area (Å²) in [7, 11) is 10.6. The third-order valence-electron chi connectivity index (χ3n) is 18.5. The van der Waals surface area contributed by atoms with E-state index < -0.39 is 0 Å². The number of likely N-dealkylation sites (tertiary alicyclic amines) is 1. The van der Waals surface area contributed by atoms with Gasteiger partial charge in [0, 0.05) is 116 Å². The lowest BCUT2D eigenvalue weighted by Crippen LogP contribution is -2.30. The van der Waals surface area contributed by atoms with Crippen LogP contribution in [0.5, 0.6) is 0 Å². The Morgan fingerprint density at radius 3 is 1.48 bits per heavy atom. The van der Waals surface area contributed by atoms with Gasteiger partial charge in [0.05, 0.1) is 66.2 Å². The number of piperidine rings is 1. The van der Waals surface area contributed by atoms with Gasteiger partial charge in [-0.05, 0) is 241 Å². The van der Waals surface area contributed by atoms with E-state index in [1.54, 1.807) is 0 Å². The largest absolute Gasteiger partial charge is 0.349 e. The van der Waals surface area contributed by atoms with E-state index in [2.05, 4.69) is 156 Å². The van der Waals surface area contributed by atoms with Crippen LogP contribution in [0.15, 0.2) is 110 Å². The molecule has 1 saturated carbocycles. The summed E-state index contributed by atoms with van der Waals surface area (Å²) in [5, 5.41) is 21.5. The van der Waals surface area contributed by atoms with Gasteiger partial charge in [0.25, 0.3) is 0 Å². The monoisotopic (exact) mass is 1420 g/mol. The summed E-state index contributed by atoms with van der Waals surface area (Å²) in [6.07, 6.45) is 23.7. The Bertz CT molecular complexity index is 4460. The van der Waals surface area contributed by atoms with Crippen molar-refractivity contribution >= 4 is 127 Å². The van der Waals surface area contributed by atoms with Gasteiger partial charge in [-0.15, -0.1) is 0 Å². The summed E-state index contributed by atoms with van der Waals surface area (Å²) in [6, 6.07) is 26.6. The molecule has 6 N–H and O–H groups in total. The number of nitrogens with zero attached hydrogens (tertiary/aromatic N) is 12. The molecular weight excluding hydrogens is 1330 g/mol. The maximum Gasteiger partial charge on any atom is 0.227 e. The number of anilines is 9. The molecule has 0 atom stereocenters. The van der Waals surface area contributed by atoms with Crippen molar-refractivity contribution in [3.8, 4) is 33.8 Å². The Labute approximate surface area is 607 Å². The molecule has 0 unspecified atom stereocenters. The Morgan fingerprint density at radius 1 is 0.515 bits per heavy atom. The minimum absolute atomic E-state index is 0.538. The summed E-state index contributed by atoms with van der Waals surface area (Å²) in [6.45, 7) is 10.7. The number of fused-ring (bicyclic) bond motifs is 9. The third-order valence-corrected chi connectivity index (χ3v) is 19.7. The van der Waals surface area contributed by atoms with Crippen molar-refractivity contribution < 1.29 is 0 Å². The first-order chi connectivity index (χ1) is 47.8. The summed E-state index contributed by atoms with van der Waals surface area (Å²) in [4.78, 5) is 51.6. The van der Waals surface area contributed by atoms with Crippen LogP contribution in [0.2, 0.25) is 10.0 Å². The van der Waals surface area contributed by atoms with Crippen molar-refractivity contribution in [2.75, 3.05) is 93.3 Å². The lowest BCUT2D eigenvalue weighted by atomic mass is 9.92. The molecule has 512 valence electrons. The lowest BCUT2D eigenvalue weighted by Gasteiger charge is -2.28. The first kappa shape index (κ1) is 70.7. The number of hydrogen-bond acceptors (Lipinski definition) is 18. The summed E-state index contributed by atoms with van der Waals surface area (Å²) in [5.74, 6) is 3.16. The number of rotatable bonds is 19. The second-order valence-electron chi connectivity index (χ2n) is 26.9. The number of pyridine rings is 3. The van der Waals surface area contributed by atoms with E-state index >= 15 is 0 Å². The maximum absolute atomic E-state index is 6.21. The smallest absolute Gasteiger partial charge is 0.227 e. The third kappa shape index (κ3) is 18.7. The Morgan fingerprint density at radius 2 is 0.990 bits per heavy atom. The average molecular weight is 1420 g/mol. The number of aryl methyl sites for hydroxylation is 6. The van der Waals surface area contributed by atoms with Gasteiger partial charge in [0.2, 0.25) is 17.8 Å². The van der Waals surface area contributed by atoms with E-state index in [-0.39, 0.29) is 0 Å². The molecule has 5 aliphatic rings. The van der Waals surface area contributed by atoms with Gasteiger partial charge < -0.3 is 46.6 Å². The minimum atomic E-state index is 0.538. The quantitative estimate of drug-likeness (QED) is 0.0418. The van der Waals surface area contributed by atoms with Gasteiger partial charge in [-0.25, -0.2) is 29.9 Å². The number of nitrogens with one attached hydrogen (secondary N) is 6. The van der Waals surface area contributed by atoms with Gasteiger partial charge in [-0.1, -0.05) is 78.9 Å². The molecule has 1 aliphatic carbocycles. The fraction of sp³-hybridized carbons (Fsp3) is 0.368. The van der Waals surface area contributed by atoms with Gasteiger partial charge in [0.1, 0.15) is 0 Å². The predicted octanol–water partition coefficient (Wildman–Crippen LogP) is 16.4. The number of halogens is 2. The highest BCUT2D eigenvalue weighted by Gasteiger charge is 2.28. The van der Waals surface area contributed by atoms with Crippen LogP contribution >= 0.6 is 59.9 Å². The molecule has 23 heteroatoms. The molecule has 99 heavy (non-hydrogen) atoms. The molecule has 0 amide bonds. The van der Waals surface area contributed by atoms with Crippen LogP contribution in [0.3, 0.4) is 0 Å². The fourth-order valence-electron chi connectivity index (χ4n) is 12.8. The van der Waals surface area contributed by atoms with E-state index in [0.717, 1.165) is 180 Å². The number of thiocarbonyl (C=S) groups is 3. The van der Waals surface area contributed by atoms with Crippen LogP contribution in [0.25, 0.3) is 33.8 Å². The van der Waals surface area contributed by atoms with Gasteiger partial charge in [-0.3, -0.25) is 15.0 Å². The number of hydrogen-bond donors (Lipinski definition) is 6. The average Bonchev–Trinajstić information content (AvgIpc) is 1.73. The predicted molar refractivity (Wildman–Crippen MR) is 418 cm³/mol. The number of aromatic nitrogens is 9. The fourth-order valence-corrected chi connectivity index (χ4v) is 14.0. The molecule has 18 nitrogen and oxygen atoms in total. The normalized spacial score (nSPS) is 14.7. The molecule has 9 aromatic rings. The van der Waals surface area contributed by atoms with Crippen molar-refractivity contribution in [1.29, 1.82) is 0 Å². The van der Waals surface area contributed by atoms with Crippen LogP contribution in [0.1, 0.15) is 114 Å². The first-order valence-electron chi connectivity index (χ1n) is 34.2. The minimum Gasteiger partial charge on any atom is -0.349 e. The highest BCUT2D eigenvalue weighted by Crippen LogP contribution is 2.44. The lowest BCUT2D eigenvalue weighted by molar-refractivity contribution is 0.212. The van der Waals surface area contributed by atoms with Crippen LogP contribution in [-0.4, -0.2) is 136 Å². The van der Waals surface area contributed by atoms with E-state index in [1.807, 2.05) is 81.2 Å². The Kier molecular flexibility index (Phi) is 23.2. The zero-order valence-corrected chi connectivity index (χ0v) is 61.6. The van der Waals surface area contributed by atoms with Gasteiger partial charge in [-0.2, -0.15) is 0 Å². The van der Waals surface area contributed by atoms with Crippen molar-refractivity contribution in [2.24, 2.45) is 5.92 Å². The standard InChI is InChI=1S/C26H29ClN6S.C26H30N6S.C24H27ClN6S/c1-16-22(8-6-20(29-16)5-3-17-9-11-33(2)12-10-17)31-26-28-15-18-13-24(34)30-23-14-19(27)4-7-21(23)25(18)32-26;1-16-22(11-17(14-27-16)5-4-10-32(2)3)30-26-28-15-20-13-24(33)29-23-12-19(18-6-7-18)8-9-21(23)25(20)31-26;1-4-19-21(10-15(13-26-19)6-5-9-31(2)3)29-24-27-14-16-11-22(32)28-20-12-17(25)7-8-18(20)23(16)30-24/h4,6-8,14-15,17H,3,5,9-13H2,1-2H3,(H,30,34)(H,28,31,32);8-9,11-12,14-15,18H,4-7,10,13H2,1-3H3,(H,29,33)(H,28,30,31);7-8,10,12-14H,4-6,9,11H2,1-3H3,(H,28,32)(H,27,29,30). The van der Waals surface area contributed by atoms with Crippen molar-refractivity contribution in [3.63, 3.8) is 0 Å². The van der Waals surface area contributed by atoms with Gasteiger partial charge >= 0.3 is 0 Å². The van der Waals surface area contributed by atoms with Gasteiger partial charge in [0.15, 0.2) is 0 Å². The van der Waals surface area contributed by atoms with Crippen molar-refractivity contribution in [2.45, 2.75) is 117 Å². The summed E-state index contributed by atoms with van der Waals surface area (Å²) >= 11 is 29.0. The number of benzene rings is 3. The van der Waals surface area contributed by atoms with E-state index in [0.29, 0.717) is 53.1 Å². The Balaban J connectivity index is 0.000000141. The van der Waals surface area contributed by atoms with E-state index in [9.17, 15) is 0 Å². The second-order valence-corrected chi connectivity index (χ2v) is 29.3. The van der Waals surface area contributed by atoms with Crippen molar-refractivity contribution in [3.05, 3.63) is 176 Å². The van der Waals surface area contributed by atoms with Crippen molar-refractivity contribution in [1.82, 2.24) is 59.6 Å². The molecule has 0 radical (unpaired) electrons. The SMILES string of the molecule is CCc1ncc(CCCN(C)C)cc1Nc1ncc2c(n1)-c1ccc(Cl)cc1NC(=S)C2.Cc1nc(CCC2CCN(C)CC2)ccc1Nc1ncc2c(n1)-c1ccc(Cl)cc1NC(=S)C2.Cc1ncc(CCCN(C)C)cc1Nc1ncc2c(n1)-c1ccc(C3CC3)cc1NC(=S)C2. The molecule has 10 heterocycles. The molecule has 2 fully saturated rings. The van der Waals surface area contributed by atoms with Crippen LogP contribution in [0.4, 0.5) is 52.0 Å². The van der Waals surface area contributed by atoms with E-state index in [4.69, 9.17) is 79.8 Å². The zero-order chi connectivity index (χ0) is 69.3. The second kappa shape index (κ2) is 32.5. The highest BCUT2D eigenvalue weighted by atomic mass is 35.5. The molecular formula is C76H86Cl2N18S3. The van der Waals surface area contributed by atoms with Crippen LogP contribution in [0, 0.1) is 19.8 Å². The highest BCUT2D eigenvalue weighted by molar-refractivity contribution is 7.81. The molecule has 4 aliphatic heterocycles. The Hall–Kier alpha value is -8.12. The molecule has 3 aromatic carbocycles. The maximum atomic E-state index is 6.21. The topological polar surface area (TPSA) is 198 Å². The molecule has 1 saturated heterocycles. The van der Waals surface area contributed by atoms with Crippen LogP contribution < -0.4 is 31.9 Å². The zero-order valence-electron chi connectivity index (χ0n) is 57.6. The summed E-state index contributed by atoms with van der Waals surface area (Å²) < 4.78 is 0. The molecule has 6 aromatic heterocycles. The molecule has 0 bridgehead atoms.